The number of aromatic nitrogens is 4. The van der Waals surface area contributed by atoms with Gasteiger partial charge in [-0.1, -0.05) is 0 Å². The Morgan fingerprint density at radius 1 is 1.07 bits per heavy atom. The van der Waals surface area contributed by atoms with Crippen molar-refractivity contribution in [3.8, 4) is 10.7 Å². The molecule has 3 aromatic heterocycles. The predicted molar refractivity (Wildman–Crippen MR) is 103 cm³/mol. The number of anilines is 2. The van der Waals surface area contributed by atoms with Gasteiger partial charge in [0, 0.05) is 29.7 Å². The van der Waals surface area contributed by atoms with Crippen LogP contribution < -0.4 is 10.5 Å². The topological polar surface area (TPSA) is 127 Å². The summed E-state index contributed by atoms with van der Waals surface area (Å²) in [5.41, 5.74) is 2.04. The van der Waals surface area contributed by atoms with E-state index in [0.717, 1.165) is 41.4 Å². The summed E-state index contributed by atoms with van der Waals surface area (Å²) in [7, 11) is -3.73. The molecule has 2 aliphatic carbocycles. The molecule has 0 atom stereocenters. The molecule has 0 bridgehead atoms. The van der Waals surface area contributed by atoms with Crippen molar-refractivity contribution in [2.45, 2.75) is 41.7 Å². The van der Waals surface area contributed by atoms with E-state index >= 15 is 0 Å². The van der Waals surface area contributed by atoms with Gasteiger partial charge in [-0.05, 0) is 37.8 Å². The normalized spacial score (nSPS) is 17.2. The molecule has 0 amide bonds. The molecular weight excluding hydrogens is 384 g/mol. The highest BCUT2D eigenvalue weighted by atomic mass is 32.2. The molecule has 0 unspecified atom stereocenters. The summed E-state index contributed by atoms with van der Waals surface area (Å²) in [6.45, 7) is 0. The minimum atomic E-state index is -3.73. The maximum absolute atomic E-state index is 11.6. The molecule has 4 N–H and O–H groups in total. The Morgan fingerprint density at radius 2 is 1.81 bits per heavy atom. The number of nitrogens with one attached hydrogen (secondary N) is 2. The third-order valence-electron chi connectivity index (χ3n) is 4.68. The van der Waals surface area contributed by atoms with Crippen LogP contribution in [0.3, 0.4) is 0 Å². The number of primary sulfonamides is 1. The van der Waals surface area contributed by atoms with Gasteiger partial charge in [-0.2, -0.15) is 5.10 Å². The van der Waals surface area contributed by atoms with Gasteiger partial charge < -0.3 is 5.32 Å². The van der Waals surface area contributed by atoms with Crippen LogP contribution in [0.25, 0.3) is 10.7 Å². The van der Waals surface area contributed by atoms with Crippen molar-refractivity contribution in [2.75, 3.05) is 5.32 Å². The Bertz CT molecular complexity index is 1110. The fourth-order valence-corrected chi connectivity index (χ4v) is 4.61. The standard InChI is InChI=1S/C17H18N6O2S2/c18-27(24,25)16-6-5-13(26-16)17-19-11(9-1-2-9)7-14(21-17)20-15-8-12(22-23-15)10-3-4-10/h5-10H,1-4H2,(H2,18,24,25)(H2,19,20,21,22,23). The lowest BCUT2D eigenvalue weighted by atomic mass is 10.2. The van der Waals surface area contributed by atoms with Crippen molar-refractivity contribution in [1.29, 1.82) is 0 Å². The molecule has 2 fully saturated rings. The summed E-state index contributed by atoms with van der Waals surface area (Å²) < 4.78 is 23.2. The number of H-pyrrole nitrogens is 1. The zero-order chi connectivity index (χ0) is 18.6. The lowest BCUT2D eigenvalue weighted by Gasteiger charge is -2.07. The minimum Gasteiger partial charge on any atom is -0.325 e. The van der Waals surface area contributed by atoms with Crippen molar-refractivity contribution in [3.05, 3.63) is 35.7 Å². The van der Waals surface area contributed by atoms with Crippen molar-refractivity contribution >= 4 is 33.0 Å². The molecule has 0 aromatic carbocycles. The molecule has 140 valence electrons. The first-order valence-corrected chi connectivity index (χ1v) is 11.2. The molecule has 0 radical (unpaired) electrons. The molecule has 0 aliphatic heterocycles. The summed E-state index contributed by atoms with van der Waals surface area (Å²) in [6.07, 6.45) is 4.61. The number of sulfonamides is 1. The highest BCUT2D eigenvalue weighted by Gasteiger charge is 2.28. The number of hydrogen-bond donors (Lipinski definition) is 3. The second-order valence-electron chi connectivity index (χ2n) is 7.05. The van der Waals surface area contributed by atoms with Crippen molar-refractivity contribution in [2.24, 2.45) is 5.14 Å². The zero-order valence-electron chi connectivity index (χ0n) is 14.3. The van der Waals surface area contributed by atoms with E-state index in [1.807, 2.05) is 12.1 Å². The van der Waals surface area contributed by atoms with Gasteiger partial charge in [0.15, 0.2) is 5.82 Å². The van der Waals surface area contributed by atoms with E-state index in [2.05, 4.69) is 25.5 Å². The van der Waals surface area contributed by atoms with Crippen LogP contribution in [0, 0.1) is 0 Å². The lowest BCUT2D eigenvalue weighted by molar-refractivity contribution is 0.600. The number of hydrogen-bond acceptors (Lipinski definition) is 7. The first kappa shape index (κ1) is 16.8. The molecule has 3 heterocycles. The van der Waals surface area contributed by atoms with Crippen LogP contribution >= 0.6 is 11.3 Å². The number of rotatable bonds is 6. The van der Waals surface area contributed by atoms with Gasteiger partial charge >= 0.3 is 0 Å². The Morgan fingerprint density at radius 3 is 2.48 bits per heavy atom. The Balaban J connectivity index is 1.48. The van der Waals surface area contributed by atoms with Crippen molar-refractivity contribution in [3.63, 3.8) is 0 Å². The van der Waals surface area contributed by atoms with Gasteiger partial charge in [0.05, 0.1) is 10.6 Å². The third-order valence-corrected chi connectivity index (χ3v) is 7.20. The average Bonchev–Trinajstić information content (AvgIpc) is 3.55. The summed E-state index contributed by atoms with van der Waals surface area (Å²) in [4.78, 5) is 9.90. The van der Waals surface area contributed by atoms with E-state index in [1.54, 1.807) is 6.07 Å². The minimum absolute atomic E-state index is 0.107. The maximum Gasteiger partial charge on any atom is 0.247 e. The van der Waals surface area contributed by atoms with Gasteiger partial charge in [-0.25, -0.2) is 23.5 Å². The average molecular weight is 403 g/mol. The van der Waals surface area contributed by atoms with E-state index in [-0.39, 0.29) is 4.21 Å². The van der Waals surface area contributed by atoms with Crippen LogP contribution in [0.5, 0.6) is 0 Å². The van der Waals surface area contributed by atoms with E-state index in [4.69, 9.17) is 5.14 Å². The summed E-state index contributed by atoms with van der Waals surface area (Å²) >= 11 is 1.08. The van der Waals surface area contributed by atoms with E-state index in [0.29, 0.717) is 28.4 Å². The molecule has 3 aromatic rings. The van der Waals surface area contributed by atoms with Gasteiger partial charge in [0.25, 0.3) is 0 Å². The highest BCUT2D eigenvalue weighted by Crippen LogP contribution is 2.42. The number of nitrogens with zero attached hydrogens (tertiary/aromatic N) is 3. The monoisotopic (exact) mass is 402 g/mol. The molecular formula is C17H18N6O2S2. The zero-order valence-corrected chi connectivity index (χ0v) is 16.0. The number of aromatic amines is 1. The molecule has 0 spiro atoms. The van der Waals surface area contributed by atoms with E-state index in [9.17, 15) is 8.42 Å². The fourth-order valence-electron chi connectivity index (χ4n) is 2.95. The van der Waals surface area contributed by atoms with E-state index in [1.165, 1.54) is 18.9 Å². The Hall–Kier alpha value is -2.30. The molecule has 2 saturated carbocycles. The van der Waals surface area contributed by atoms with Gasteiger partial charge in [-0.3, -0.25) is 5.10 Å². The van der Waals surface area contributed by atoms with E-state index < -0.39 is 10.0 Å². The molecule has 0 saturated heterocycles. The summed E-state index contributed by atoms with van der Waals surface area (Å²) in [6, 6.07) is 7.15. The van der Waals surface area contributed by atoms with Crippen LogP contribution in [0.15, 0.2) is 28.5 Å². The third kappa shape index (κ3) is 3.60. The first-order chi connectivity index (χ1) is 13.0. The smallest absolute Gasteiger partial charge is 0.247 e. The van der Waals surface area contributed by atoms with Crippen LogP contribution in [0.1, 0.15) is 48.9 Å². The fraction of sp³-hybridized carbons (Fsp3) is 0.353. The largest absolute Gasteiger partial charge is 0.325 e. The lowest BCUT2D eigenvalue weighted by Crippen LogP contribution is -2.09. The molecule has 2 aliphatic rings. The van der Waals surface area contributed by atoms with Crippen LogP contribution in [-0.4, -0.2) is 28.6 Å². The predicted octanol–water partition coefficient (Wildman–Crippen LogP) is 3.07. The van der Waals surface area contributed by atoms with Crippen molar-refractivity contribution < 1.29 is 8.42 Å². The van der Waals surface area contributed by atoms with Crippen LogP contribution in [0.4, 0.5) is 11.6 Å². The second kappa shape index (κ2) is 6.11. The summed E-state index contributed by atoms with van der Waals surface area (Å²) in [5, 5.41) is 15.8. The summed E-state index contributed by atoms with van der Waals surface area (Å²) in [5.74, 6) is 2.97. The second-order valence-corrected chi connectivity index (χ2v) is 9.92. The van der Waals surface area contributed by atoms with Crippen LogP contribution in [0.2, 0.25) is 0 Å². The van der Waals surface area contributed by atoms with Gasteiger partial charge in [-0.15, -0.1) is 11.3 Å². The number of thiophene rings is 1. The SMILES string of the molecule is NS(=O)(=O)c1ccc(-c2nc(Nc3cc(C4CC4)n[nH]3)cc(C3CC3)n2)s1. The molecule has 27 heavy (non-hydrogen) atoms. The first-order valence-electron chi connectivity index (χ1n) is 8.80. The van der Waals surface area contributed by atoms with Gasteiger partial charge in [0.2, 0.25) is 10.0 Å². The molecule has 8 nitrogen and oxygen atoms in total. The highest BCUT2D eigenvalue weighted by molar-refractivity contribution is 7.91. The quantitative estimate of drug-likeness (QED) is 0.581. The number of nitrogens with two attached hydrogens (primary N) is 1. The molecule has 5 rings (SSSR count). The van der Waals surface area contributed by atoms with Crippen molar-refractivity contribution in [1.82, 2.24) is 20.2 Å². The Labute approximate surface area is 160 Å². The van der Waals surface area contributed by atoms with Gasteiger partial charge in [0.1, 0.15) is 15.8 Å². The van der Waals surface area contributed by atoms with Crippen LogP contribution in [-0.2, 0) is 10.0 Å². The maximum atomic E-state index is 11.6. The Kier molecular flexibility index (Phi) is 3.81. The molecule has 10 heteroatoms.